The number of hydrogen-bond acceptors (Lipinski definition) is 6. The second kappa shape index (κ2) is 8.85. The van der Waals surface area contributed by atoms with Crippen LogP contribution in [0.15, 0.2) is 53.7 Å². The van der Waals surface area contributed by atoms with Crippen LogP contribution in [0.4, 0.5) is 11.4 Å². The van der Waals surface area contributed by atoms with Gasteiger partial charge in [0.25, 0.3) is 0 Å². The van der Waals surface area contributed by atoms with Gasteiger partial charge < -0.3 is 10.6 Å². The first kappa shape index (κ1) is 19.8. The van der Waals surface area contributed by atoms with E-state index in [0.717, 1.165) is 0 Å². The summed E-state index contributed by atoms with van der Waals surface area (Å²) in [5.74, 6) is -0.395. The summed E-state index contributed by atoms with van der Waals surface area (Å²) in [6.07, 6.45) is 0. The summed E-state index contributed by atoms with van der Waals surface area (Å²) < 4.78 is 1.51. The van der Waals surface area contributed by atoms with Crippen molar-refractivity contribution in [2.24, 2.45) is 0 Å². The van der Waals surface area contributed by atoms with Gasteiger partial charge >= 0.3 is 0 Å². The number of hydrogen-bond donors (Lipinski definition) is 2. The van der Waals surface area contributed by atoms with Gasteiger partial charge in [0.2, 0.25) is 17.0 Å². The Kier molecular flexibility index (Phi) is 6.27. The molecule has 2 N–H and O–H groups in total. The van der Waals surface area contributed by atoms with Crippen LogP contribution in [0.25, 0.3) is 5.69 Å². The Hall–Kier alpha value is -2.91. The second-order valence-corrected chi connectivity index (χ2v) is 7.55. The second-order valence-electron chi connectivity index (χ2n) is 5.83. The molecule has 144 valence electrons. The average Bonchev–Trinajstić information content (AvgIpc) is 3.11. The number of halogens is 1. The normalized spacial score (nSPS) is 11.7. The van der Waals surface area contributed by atoms with Crippen molar-refractivity contribution >= 4 is 46.6 Å². The van der Waals surface area contributed by atoms with Gasteiger partial charge in [0.15, 0.2) is 0 Å². The highest BCUT2D eigenvalue weighted by molar-refractivity contribution is 8.00. The molecule has 2 aromatic carbocycles. The van der Waals surface area contributed by atoms with Crippen molar-refractivity contribution in [2.45, 2.75) is 24.3 Å². The predicted molar refractivity (Wildman–Crippen MR) is 109 cm³/mol. The van der Waals surface area contributed by atoms with Crippen molar-refractivity contribution < 1.29 is 9.59 Å². The van der Waals surface area contributed by atoms with Crippen LogP contribution in [0.5, 0.6) is 0 Å². The van der Waals surface area contributed by atoms with Gasteiger partial charge in [0.1, 0.15) is 0 Å². The number of anilines is 2. The van der Waals surface area contributed by atoms with E-state index in [1.165, 1.54) is 23.4 Å². The fraction of sp³-hybridized carbons (Fsp3) is 0.167. The zero-order chi connectivity index (χ0) is 20.1. The lowest BCUT2D eigenvalue weighted by Gasteiger charge is -2.13. The molecule has 10 heteroatoms. The van der Waals surface area contributed by atoms with Crippen LogP contribution in [0, 0.1) is 0 Å². The zero-order valence-electron chi connectivity index (χ0n) is 15.1. The first-order valence-electron chi connectivity index (χ1n) is 8.32. The van der Waals surface area contributed by atoms with E-state index in [0.29, 0.717) is 27.2 Å². The Morgan fingerprint density at radius 3 is 2.68 bits per heavy atom. The third kappa shape index (κ3) is 4.87. The lowest BCUT2D eigenvalue weighted by atomic mass is 10.3. The van der Waals surface area contributed by atoms with E-state index >= 15 is 0 Å². The molecule has 1 atom stereocenters. The summed E-state index contributed by atoms with van der Waals surface area (Å²) in [5, 5.41) is 17.6. The van der Waals surface area contributed by atoms with E-state index in [4.69, 9.17) is 11.6 Å². The van der Waals surface area contributed by atoms with Crippen molar-refractivity contribution in [3.05, 3.63) is 53.6 Å². The quantitative estimate of drug-likeness (QED) is 0.597. The zero-order valence-corrected chi connectivity index (χ0v) is 16.7. The number of amides is 2. The Labute approximate surface area is 170 Å². The maximum absolute atomic E-state index is 12.5. The van der Waals surface area contributed by atoms with Gasteiger partial charge in [-0.15, -0.1) is 5.10 Å². The highest BCUT2D eigenvalue weighted by Crippen LogP contribution is 2.26. The summed E-state index contributed by atoms with van der Waals surface area (Å²) in [6, 6.07) is 14.1. The smallest absolute Gasteiger partial charge is 0.237 e. The molecule has 0 saturated carbocycles. The number of thioether (sulfide) groups is 1. The topological polar surface area (TPSA) is 102 Å². The number of benzene rings is 2. The molecular formula is C18H17ClN6O2S. The molecule has 1 aromatic heterocycles. The van der Waals surface area contributed by atoms with Gasteiger partial charge in [-0.3, -0.25) is 9.59 Å². The number of rotatable bonds is 6. The molecule has 1 heterocycles. The Balaban J connectivity index is 1.74. The molecule has 1 unspecified atom stereocenters. The van der Waals surface area contributed by atoms with Crippen LogP contribution in [-0.4, -0.2) is 37.3 Å². The lowest BCUT2D eigenvalue weighted by Crippen LogP contribution is -2.23. The maximum atomic E-state index is 12.5. The van der Waals surface area contributed by atoms with Crippen LogP contribution in [-0.2, 0) is 9.59 Å². The summed E-state index contributed by atoms with van der Waals surface area (Å²) in [5.41, 5.74) is 1.84. The van der Waals surface area contributed by atoms with Crippen LogP contribution < -0.4 is 10.6 Å². The van der Waals surface area contributed by atoms with Crippen molar-refractivity contribution in [2.75, 3.05) is 10.6 Å². The summed E-state index contributed by atoms with van der Waals surface area (Å²) in [4.78, 5) is 23.8. The first-order valence-corrected chi connectivity index (χ1v) is 9.58. The first-order chi connectivity index (χ1) is 13.4. The molecule has 0 aliphatic carbocycles. The van der Waals surface area contributed by atoms with Gasteiger partial charge in [-0.2, -0.15) is 4.68 Å². The molecule has 8 nitrogen and oxygen atoms in total. The van der Waals surface area contributed by atoms with Crippen molar-refractivity contribution in [1.29, 1.82) is 0 Å². The summed E-state index contributed by atoms with van der Waals surface area (Å²) in [7, 11) is 0. The van der Waals surface area contributed by atoms with Crippen LogP contribution >= 0.6 is 23.4 Å². The van der Waals surface area contributed by atoms with Crippen LogP contribution in [0.1, 0.15) is 13.8 Å². The molecule has 0 saturated heterocycles. The van der Waals surface area contributed by atoms with Gasteiger partial charge in [-0.05, 0) is 47.7 Å². The maximum Gasteiger partial charge on any atom is 0.237 e. The molecular weight excluding hydrogens is 400 g/mol. The minimum Gasteiger partial charge on any atom is -0.326 e. The molecule has 2 amide bonds. The summed E-state index contributed by atoms with van der Waals surface area (Å²) in [6.45, 7) is 3.19. The molecule has 0 spiro atoms. The Bertz CT molecular complexity index is 1010. The third-order valence-corrected chi connectivity index (χ3v) is 5.00. The number of nitrogens with one attached hydrogen (secondary N) is 2. The molecule has 0 radical (unpaired) electrons. The molecule has 3 rings (SSSR count). The fourth-order valence-corrected chi connectivity index (χ4v) is 3.33. The van der Waals surface area contributed by atoms with Crippen molar-refractivity contribution in [1.82, 2.24) is 20.2 Å². The number of tetrazole rings is 1. The number of aromatic nitrogens is 4. The van der Waals surface area contributed by atoms with E-state index in [1.54, 1.807) is 55.5 Å². The lowest BCUT2D eigenvalue weighted by molar-refractivity contribution is -0.115. The molecule has 0 aliphatic heterocycles. The van der Waals surface area contributed by atoms with E-state index < -0.39 is 5.25 Å². The highest BCUT2D eigenvalue weighted by Gasteiger charge is 2.20. The molecule has 0 aliphatic rings. The summed E-state index contributed by atoms with van der Waals surface area (Å²) >= 11 is 7.29. The van der Waals surface area contributed by atoms with Crippen LogP contribution in [0.2, 0.25) is 5.02 Å². The van der Waals surface area contributed by atoms with Gasteiger partial charge in [-0.1, -0.05) is 41.6 Å². The van der Waals surface area contributed by atoms with E-state index in [-0.39, 0.29) is 11.8 Å². The molecule has 0 bridgehead atoms. The minimum atomic E-state index is -0.473. The molecule has 0 fully saturated rings. The SMILES string of the molecule is CC(=O)Nc1cccc(-n2nnnc2SC(C)C(=O)Nc2ccccc2Cl)c1. The Morgan fingerprint density at radius 2 is 1.93 bits per heavy atom. The van der Waals surface area contributed by atoms with Gasteiger partial charge in [0, 0.05) is 12.6 Å². The van der Waals surface area contributed by atoms with E-state index in [2.05, 4.69) is 26.2 Å². The highest BCUT2D eigenvalue weighted by atomic mass is 35.5. The number of carbonyl (C=O) groups excluding carboxylic acids is 2. The predicted octanol–water partition coefficient (Wildman–Crippen LogP) is 3.39. The largest absolute Gasteiger partial charge is 0.326 e. The Morgan fingerprint density at radius 1 is 1.14 bits per heavy atom. The van der Waals surface area contributed by atoms with Crippen LogP contribution in [0.3, 0.4) is 0 Å². The van der Waals surface area contributed by atoms with Gasteiger partial charge in [0.05, 0.1) is 21.6 Å². The van der Waals surface area contributed by atoms with Crippen molar-refractivity contribution in [3.8, 4) is 5.69 Å². The average molecular weight is 417 g/mol. The third-order valence-electron chi connectivity index (χ3n) is 3.64. The monoisotopic (exact) mass is 416 g/mol. The van der Waals surface area contributed by atoms with E-state index in [1.807, 2.05) is 0 Å². The number of nitrogens with zero attached hydrogens (tertiary/aromatic N) is 4. The fourth-order valence-electron chi connectivity index (χ4n) is 2.34. The standard InChI is InChI=1S/C18H17ClN6O2S/c1-11(17(27)21-16-9-4-3-8-15(16)19)28-18-22-23-24-25(18)14-7-5-6-13(10-14)20-12(2)26/h3-11H,1-2H3,(H,20,26)(H,21,27). The van der Waals surface area contributed by atoms with E-state index in [9.17, 15) is 9.59 Å². The van der Waals surface area contributed by atoms with Gasteiger partial charge in [-0.25, -0.2) is 0 Å². The number of carbonyl (C=O) groups is 2. The van der Waals surface area contributed by atoms with Crippen molar-refractivity contribution in [3.63, 3.8) is 0 Å². The number of para-hydroxylation sites is 1. The molecule has 3 aromatic rings. The molecule has 28 heavy (non-hydrogen) atoms. The minimum absolute atomic E-state index is 0.173.